The van der Waals surface area contributed by atoms with Crippen LogP contribution in [0.25, 0.3) is 0 Å². The summed E-state index contributed by atoms with van der Waals surface area (Å²) >= 11 is 0. The van der Waals surface area contributed by atoms with Crippen LogP contribution < -0.4 is 11.3 Å². The van der Waals surface area contributed by atoms with E-state index >= 15 is 0 Å². The molecule has 1 unspecified atom stereocenters. The Morgan fingerprint density at radius 1 is 1.10 bits per heavy atom. The van der Waals surface area contributed by atoms with Gasteiger partial charge in [-0.2, -0.15) is 5.10 Å². The van der Waals surface area contributed by atoms with Gasteiger partial charge in [0, 0.05) is 18.8 Å². The van der Waals surface area contributed by atoms with Crippen molar-refractivity contribution in [3.8, 4) is 0 Å². The third-order valence-electron chi connectivity index (χ3n) is 4.11. The molecular formula is C17H26N4. The number of aryl methyl sites for hydroxylation is 4. The number of nitrogens with two attached hydrogens (primary N) is 1. The van der Waals surface area contributed by atoms with Crippen molar-refractivity contribution in [1.29, 1.82) is 0 Å². The van der Waals surface area contributed by atoms with Crippen molar-refractivity contribution in [1.82, 2.24) is 15.2 Å². The minimum Gasteiger partial charge on any atom is -0.272 e. The Morgan fingerprint density at radius 2 is 1.71 bits per heavy atom. The van der Waals surface area contributed by atoms with Crippen LogP contribution >= 0.6 is 0 Å². The van der Waals surface area contributed by atoms with Crippen LogP contribution in [-0.2, 0) is 19.9 Å². The minimum absolute atomic E-state index is 0.216. The zero-order valence-corrected chi connectivity index (χ0v) is 13.7. The van der Waals surface area contributed by atoms with E-state index in [0.29, 0.717) is 0 Å². The highest BCUT2D eigenvalue weighted by molar-refractivity contribution is 5.30. The first-order chi connectivity index (χ1) is 9.90. The van der Waals surface area contributed by atoms with Crippen LogP contribution in [0.4, 0.5) is 0 Å². The van der Waals surface area contributed by atoms with Gasteiger partial charge in [-0.05, 0) is 51.7 Å². The number of rotatable bonds is 5. The lowest BCUT2D eigenvalue weighted by molar-refractivity contribution is 0.520. The fourth-order valence-corrected chi connectivity index (χ4v) is 3.02. The molecule has 0 aliphatic heterocycles. The predicted molar refractivity (Wildman–Crippen MR) is 87.1 cm³/mol. The molecule has 0 fully saturated rings. The van der Waals surface area contributed by atoms with Crippen molar-refractivity contribution in [2.75, 3.05) is 0 Å². The summed E-state index contributed by atoms with van der Waals surface area (Å²) in [7, 11) is 1.99. The third-order valence-corrected chi connectivity index (χ3v) is 4.11. The summed E-state index contributed by atoms with van der Waals surface area (Å²) in [5.74, 6) is 5.77. The van der Waals surface area contributed by atoms with Crippen LogP contribution in [-0.4, -0.2) is 15.8 Å². The van der Waals surface area contributed by atoms with Gasteiger partial charge >= 0.3 is 0 Å². The molecule has 114 valence electrons. The molecule has 2 rings (SSSR count). The second-order valence-electron chi connectivity index (χ2n) is 6.04. The van der Waals surface area contributed by atoms with Gasteiger partial charge in [-0.3, -0.25) is 16.0 Å². The summed E-state index contributed by atoms with van der Waals surface area (Å²) in [6.07, 6.45) is 1.82. The van der Waals surface area contributed by atoms with E-state index in [1.165, 1.54) is 27.9 Å². The lowest BCUT2D eigenvalue weighted by Gasteiger charge is -2.17. The molecule has 0 radical (unpaired) electrons. The van der Waals surface area contributed by atoms with Gasteiger partial charge in [0.1, 0.15) is 0 Å². The number of hydrazine groups is 1. The van der Waals surface area contributed by atoms with Gasteiger partial charge in [0.05, 0.1) is 5.69 Å². The summed E-state index contributed by atoms with van der Waals surface area (Å²) in [5, 5.41) is 4.48. The van der Waals surface area contributed by atoms with Crippen molar-refractivity contribution >= 4 is 0 Å². The van der Waals surface area contributed by atoms with E-state index in [2.05, 4.69) is 56.4 Å². The van der Waals surface area contributed by atoms with Crippen LogP contribution in [0.3, 0.4) is 0 Å². The zero-order chi connectivity index (χ0) is 15.6. The lowest BCUT2D eigenvalue weighted by atomic mass is 9.96. The molecular weight excluding hydrogens is 260 g/mol. The Bertz CT molecular complexity index is 608. The maximum absolute atomic E-state index is 5.77. The monoisotopic (exact) mass is 286 g/mol. The number of hydrogen-bond acceptors (Lipinski definition) is 3. The highest BCUT2D eigenvalue weighted by atomic mass is 15.3. The summed E-state index contributed by atoms with van der Waals surface area (Å²) < 4.78 is 1.94. The normalized spacial score (nSPS) is 12.7. The molecule has 3 N–H and O–H groups in total. The number of aromatic nitrogens is 2. The van der Waals surface area contributed by atoms with Gasteiger partial charge < -0.3 is 0 Å². The van der Waals surface area contributed by atoms with Crippen molar-refractivity contribution in [2.45, 2.75) is 46.6 Å². The second kappa shape index (κ2) is 6.41. The number of nitrogens with zero attached hydrogens (tertiary/aromatic N) is 2. The lowest BCUT2D eigenvalue weighted by Crippen LogP contribution is -2.38. The van der Waals surface area contributed by atoms with Crippen LogP contribution in [0.1, 0.15) is 33.6 Å². The fourth-order valence-electron chi connectivity index (χ4n) is 3.02. The SMILES string of the molecule is Cc1cc(C)cc(CC(Cc2c(C)nn(C)c2C)NN)c1. The average Bonchev–Trinajstić information content (AvgIpc) is 2.63. The highest BCUT2D eigenvalue weighted by Gasteiger charge is 2.16. The van der Waals surface area contributed by atoms with E-state index in [4.69, 9.17) is 5.84 Å². The highest BCUT2D eigenvalue weighted by Crippen LogP contribution is 2.17. The molecule has 0 amide bonds. The second-order valence-corrected chi connectivity index (χ2v) is 6.04. The Balaban J connectivity index is 2.16. The van der Waals surface area contributed by atoms with Crippen molar-refractivity contribution in [2.24, 2.45) is 12.9 Å². The largest absolute Gasteiger partial charge is 0.272 e. The smallest absolute Gasteiger partial charge is 0.0628 e. The zero-order valence-electron chi connectivity index (χ0n) is 13.7. The molecule has 0 bridgehead atoms. The van der Waals surface area contributed by atoms with Crippen LogP contribution in [0.15, 0.2) is 18.2 Å². The molecule has 1 aromatic carbocycles. The molecule has 4 nitrogen and oxygen atoms in total. The number of benzene rings is 1. The molecule has 1 heterocycles. The first-order valence-electron chi connectivity index (χ1n) is 7.43. The summed E-state index contributed by atoms with van der Waals surface area (Å²) in [6, 6.07) is 6.89. The fraction of sp³-hybridized carbons (Fsp3) is 0.471. The van der Waals surface area contributed by atoms with Crippen molar-refractivity contribution < 1.29 is 0 Å². The van der Waals surface area contributed by atoms with Gasteiger partial charge in [0.25, 0.3) is 0 Å². The molecule has 0 spiro atoms. The molecule has 21 heavy (non-hydrogen) atoms. The van der Waals surface area contributed by atoms with E-state index < -0.39 is 0 Å². The molecule has 0 aliphatic carbocycles. The summed E-state index contributed by atoms with van der Waals surface area (Å²) in [5.41, 5.74) is 10.5. The van der Waals surface area contributed by atoms with Crippen LogP contribution in [0.5, 0.6) is 0 Å². The Morgan fingerprint density at radius 3 is 2.19 bits per heavy atom. The van der Waals surface area contributed by atoms with Gasteiger partial charge in [-0.25, -0.2) is 0 Å². The van der Waals surface area contributed by atoms with Crippen molar-refractivity contribution in [3.05, 3.63) is 51.8 Å². The Kier molecular flexibility index (Phi) is 4.80. The van der Waals surface area contributed by atoms with Crippen LogP contribution in [0, 0.1) is 27.7 Å². The molecule has 2 aromatic rings. The third kappa shape index (κ3) is 3.71. The minimum atomic E-state index is 0.216. The van der Waals surface area contributed by atoms with Gasteiger partial charge in [0.15, 0.2) is 0 Å². The van der Waals surface area contributed by atoms with E-state index in [-0.39, 0.29) is 6.04 Å². The van der Waals surface area contributed by atoms with E-state index in [0.717, 1.165) is 18.5 Å². The topological polar surface area (TPSA) is 55.9 Å². The van der Waals surface area contributed by atoms with Gasteiger partial charge in [-0.1, -0.05) is 29.3 Å². The molecule has 0 aliphatic rings. The van der Waals surface area contributed by atoms with E-state index in [1.54, 1.807) is 0 Å². The summed E-state index contributed by atoms with van der Waals surface area (Å²) in [6.45, 7) is 8.44. The Hall–Kier alpha value is -1.65. The van der Waals surface area contributed by atoms with Gasteiger partial charge in [-0.15, -0.1) is 0 Å². The Labute approximate surface area is 127 Å². The summed E-state index contributed by atoms with van der Waals surface area (Å²) in [4.78, 5) is 0. The molecule has 1 atom stereocenters. The number of hydrogen-bond donors (Lipinski definition) is 2. The first-order valence-corrected chi connectivity index (χ1v) is 7.43. The first kappa shape index (κ1) is 15.7. The molecule has 4 heteroatoms. The van der Waals surface area contributed by atoms with Crippen LogP contribution in [0.2, 0.25) is 0 Å². The van der Waals surface area contributed by atoms with E-state index in [9.17, 15) is 0 Å². The quantitative estimate of drug-likeness (QED) is 0.655. The molecule has 0 saturated carbocycles. The molecule has 0 saturated heterocycles. The average molecular weight is 286 g/mol. The number of nitrogens with one attached hydrogen (secondary N) is 1. The molecule has 1 aromatic heterocycles. The maximum Gasteiger partial charge on any atom is 0.0628 e. The van der Waals surface area contributed by atoms with E-state index in [1.807, 2.05) is 11.7 Å². The predicted octanol–water partition coefficient (Wildman–Crippen LogP) is 2.27. The van der Waals surface area contributed by atoms with Crippen molar-refractivity contribution in [3.63, 3.8) is 0 Å². The maximum atomic E-state index is 5.77. The van der Waals surface area contributed by atoms with Gasteiger partial charge in [0.2, 0.25) is 0 Å². The standard InChI is InChI=1S/C17H26N4/c1-11-6-12(2)8-15(7-11)9-16(19-18)10-17-13(3)20-21(5)14(17)4/h6-8,16,19H,9-10,18H2,1-5H3.